The number of hydrogen-bond donors (Lipinski definition) is 2. The minimum atomic E-state index is 0.540. The fraction of sp³-hybridized carbons (Fsp3) is 0.333. The summed E-state index contributed by atoms with van der Waals surface area (Å²) >= 11 is 0. The van der Waals surface area contributed by atoms with Crippen LogP contribution < -0.4 is 11.3 Å². The largest absolute Gasteiger partial charge is 0.380 e. The first-order valence-corrected chi connectivity index (χ1v) is 6.74. The third-order valence-electron chi connectivity index (χ3n) is 3.45. The number of nitrogens with one attached hydrogen (secondary N) is 1. The summed E-state index contributed by atoms with van der Waals surface area (Å²) in [5.74, 6) is 7.43. The molecule has 0 bridgehead atoms. The van der Waals surface area contributed by atoms with Gasteiger partial charge in [-0.15, -0.1) is 0 Å². The van der Waals surface area contributed by atoms with Gasteiger partial charge in [0, 0.05) is 30.4 Å². The Labute approximate surface area is 118 Å². The summed E-state index contributed by atoms with van der Waals surface area (Å²) in [4.78, 5) is 9.17. The molecule has 104 valence electrons. The van der Waals surface area contributed by atoms with Crippen molar-refractivity contribution >= 4 is 5.82 Å². The number of aromatic nitrogens is 2. The van der Waals surface area contributed by atoms with Crippen molar-refractivity contribution in [1.82, 2.24) is 9.97 Å². The van der Waals surface area contributed by atoms with Gasteiger partial charge in [0.25, 0.3) is 0 Å². The summed E-state index contributed by atoms with van der Waals surface area (Å²) in [6.07, 6.45) is 2.39. The van der Waals surface area contributed by atoms with Crippen LogP contribution in [-0.2, 0) is 11.3 Å². The van der Waals surface area contributed by atoms with Crippen LogP contribution in [0, 0.1) is 0 Å². The Balaban J connectivity index is 2.06. The number of nitrogens with zero attached hydrogens (tertiary/aromatic N) is 2. The maximum absolute atomic E-state index is 5.52. The molecule has 0 aliphatic heterocycles. The number of rotatable bonds is 5. The minimum Gasteiger partial charge on any atom is -0.380 e. The topological polar surface area (TPSA) is 73.1 Å². The van der Waals surface area contributed by atoms with Gasteiger partial charge in [0.15, 0.2) is 5.82 Å². The summed E-state index contributed by atoms with van der Waals surface area (Å²) in [5, 5.41) is 0. The zero-order valence-electron chi connectivity index (χ0n) is 11.5. The molecule has 3 rings (SSSR count). The van der Waals surface area contributed by atoms with Crippen molar-refractivity contribution in [3.63, 3.8) is 0 Å². The lowest BCUT2D eigenvalue weighted by Gasteiger charge is -2.10. The molecule has 0 atom stereocenters. The van der Waals surface area contributed by atoms with Gasteiger partial charge in [-0.05, 0) is 18.4 Å². The highest BCUT2D eigenvalue weighted by atomic mass is 16.5. The van der Waals surface area contributed by atoms with Crippen LogP contribution in [0.5, 0.6) is 0 Å². The number of benzene rings is 1. The SMILES string of the molecule is COCc1ccccc1-c1nc(NN)cc(C2CC2)n1. The van der Waals surface area contributed by atoms with Crippen molar-refractivity contribution in [3.8, 4) is 11.4 Å². The highest BCUT2D eigenvalue weighted by Crippen LogP contribution is 2.40. The summed E-state index contributed by atoms with van der Waals surface area (Å²) in [6.45, 7) is 0.540. The van der Waals surface area contributed by atoms with Crippen LogP contribution in [0.25, 0.3) is 11.4 Å². The second-order valence-corrected chi connectivity index (χ2v) is 5.01. The van der Waals surface area contributed by atoms with E-state index >= 15 is 0 Å². The molecule has 0 radical (unpaired) electrons. The maximum atomic E-state index is 5.52. The van der Waals surface area contributed by atoms with Crippen LogP contribution in [0.3, 0.4) is 0 Å². The lowest BCUT2D eigenvalue weighted by atomic mass is 10.1. The van der Waals surface area contributed by atoms with Gasteiger partial charge in [-0.25, -0.2) is 15.8 Å². The fourth-order valence-corrected chi connectivity index (χ4v) is 2.27. The molecular weight excluding hydrogens is 252 g/mol. The zero-order chi connectivity index (χ0) is 13.9. The molecular formula is C15H18N4O. The molecule has 5 nitrogen and oxygen atoms in total. The molecule has 1 saturated carbocycles. The van der Waals surface area contributed by atoms with E-state index in [1.165, 1.54) is 12.8 Å². The molecule has 1 aliphatic rings. The Morgan fingerprint density at radius 2 is 2.10 bits per heavy atom. The average Bonchev–Trinajstić information content (AvgIpc) is 3.32. The molecule has 20 heavy (non-hydrogen) atoms. The Bertz CT molecular complexity index is 611. The Kier molecular flexibility index (Phi) is 3.62. The fourth-order valence-electron chi connectivity index (χ4n) is 2.27. The molecule has 1 aromatic carbocycles. The summed E-state index contributed by atoms with van der Waals surface area (Å²) < 4.78 is 5.24. The minimum absolute atomic E-state index is 0.540. The van der Waals surface area contributed by atoms with Crippen LogP contribution in [0.1, 0.15) is 30.0 Å². The third-order valence-corrected chi connectivity index (χ3v) is 3.45. The molecule has 0 amide bonds. The van der Waals surface area contributed by atoms with Crippen LogP contribution in [0.15, 0.2) is 30.3 Å². The first kappa shape index (κ1) is 13.0. The van der Waals surface area contributed by atoms with E-state index in [4.69, 9.17) is 15.6 Å². The van der Waals surface area contributed by atoms with Gasteiger partial charge in [-0.3, -0.25) is 0 Å². The maximum Gasteiger partial charge on any atom is 0.162 e. The molecule has 0 saturated heterocycles. The van der Waals surface area contributed by atoms with E-state index in [9.17, 15) is 0 Å². The second kappa shape index (κ2) is 5.56. The molecule has 1 aliphatic carbocycles. The number of ether oxygens (including phenoxy) is 1. The zero-order valence-corrected chi connectivity index (χ0v) is 11.5. The van der Waals surface area contributed by atoms with Crippen molar-refractivity contribution in [1.29, 1.82) is 0 Å². The number of hydrogen-bond acceptors (Lipinski definition) is 5. The number of anilines is 1. The molecule has 1 fully saturated rings. The number of methoxy groups -OCH3 is 1. The predicted molar refractivity (Wildman–Crippen MR) is 78.0 cm³/mol. The molecule has 3 N–H and O–H groups in total. The van der Waals surface area contributed by atoms with Gasteiger partial charge in [0.1, 0.15) is 5.82 Å². The molecule has 1 heterocycles. The van der Waals surface area contributed by atoms with Gasteiger partial charge in [0.2, 0.25) is 0 Å². The van der Waals surface area contributed by atoms with Crippen molar-refractivity contribution < 1.29 is 4.74 Å². The Morgan fingerprint density at radius 3 is 2.80 bits per heavy atom. The summed E-state index contributed by atoms with van der Waals surface area (Å²) in [7, 11) is 1.69. The van der Waals surface area contributed by atoms with Gasteiger partial charge in [-0.1, -0.05) is 24.3 Å². The van der Waals surface area contributed by atoms with E-state index in [2.05, 4.69) is 10.4 Å². The molecule has 0 unspecified atom stereocenters. The van der Waals surface area contributed by atoms with Crippen LogP contribution in [0.2, 0.25) is 0 Å². The average molecular weight is 270 g/mol. The first-order valence-electron chi connectivity index (χ1n) is 6.74. The van der Waals surface area contributed by atoms with Crippen LogP contribution >= 0.6 is 0 Å². The van der Waals surface area contributed by atoms with E-state index in [0.717, 1.165) is 16.8 Å². The van der Waals surface area contributed by atoms with Gasteiger partial charge in [0.05, 0.1) is 6.61 Å². The van der Waals surface area contributed by atoms with Crippen molar-refractivity contribution in [3.05, 3.63) is 41.6 Å². The van der Waals surface area contributed by atoms with Crippen LogP contribution in [0.4, 0.5) is 5.82 Å². The number of hydrazine groups is 1. The van der Waals surface area contributed by atoms with Crippen molar-refractivity contribution in [2.75, 3.05) is 12.5 Å². The Hall–Kier alpha value is -1.98. The van der Waals surface area contributed by atoms with Gasteiger partial charge < -0.3 is 10.2 Å². The van der Waals surface area contributed by atoms with Crippen molar-refractivity contribution in [2.24, 2.45) is 5.84 Å². The van der Waals surface area contributed by atoms with E-state index in [1.807, 2.05) is 30.3 Å². The number of nitrogen functional groups attached to an aromatic ring is 1. The van der Waals surface area contributed by atoms with Gasteiger partial charge >= 0.3 is 0 Å². The smallest absolute Gasteiger partial charge is 0.162 e. The lowest BCUT2D eigenvalue weighted by molar-refractivity contribution is 0.185. The predicted octanol–water partition coefficient (Wildman–Crippen LogP) is 2.45. The third kappa shape index (κ3) is 2.64. The van der Waals surface area contributed by atoms with E-state index < -0.39 is 0 Å². The van der Waals surface area contributed by atoms with E-state index in [0.29, 0.717) is 24.2 Å². The molecule has 0 spiro atoms. The normalized spacial score (nSPS) is 14.3. The van der Waals surface area contributed by atoms with Crippen LogP contribution in [-0.4, -0.2) is 17.1 Å². The standard InChI is InChI=1S/C15H18N4O/c1-20-9-11-4-2-3-5-12(11)15-17-13(10-6-7-10)8-14(18-15)19-16/h2-5,8,10H,6-7,9,16H2,1H3,(H,17,18,19). The van der Waals surface area contributed by atoms with E-state index in [1.54, 1.807) is 7.11 Å². The lowest BCUT2D eigenvalue weighted by Crippen LogP contribution is -2.10. The summed E-state index contributed by atoms with van der Waals surface area (Å²) in [5.41, 5.74) is 5.76. The first-order chi connectivity index (χ1) is 9.81. The van der Waals surface area contributed by atoms with E-state index in [-0.39, 0.29) is 0 Å². The molecule has 5 heteroatoms. The highest BCUT2D eigenvalue weighted by molar-refractivity contribution is 5.62. The van der Waals surface area contributed by atoms with Crippen molar-refractivity contribution in [2.45, 2.75) is 25.4 Å². The Morgan fingerprint density at radius 1 is 1.30 bits per heavy atom. The molecule has 1 aromatic heterocycles. The quantitative estimate of drug-likeness (QED) is 0.645. The monoisotopic (exact) mass is 270 g/mol. The number of nitrogens with two attached hydrogens (primary N) is 1. The second-order valence-electron chi connectivity index (χ2n) is 5.01. The van der Waals surface area contributed by atoms with Gasteiger partial charge in [-0.2, -0.15) is 0 Å². The highest BCUT2D eigenvalue weighted by Gasteiger charge is 2.26. The molecule has 2 aromatic rings. The summed E-state index contributed by atoms with van der Waals surface area (Å²) in [6, 6.07) is 9.95.